The highest BCUT2D eigenvalue weighted by Crippen LogP contribution is 2.48. The van der Waals surface area contributed by atoms with Crippen molar-refractivity contribution in [2.45, 2.75) is 86.5 Å². The van der Waals surface area contributed by atoms with E-state index in [9.17, 15) is 14.4 Å². The molecule has 1 N–H and O–H groups in total. The van der Waals surface area contributed by atoms with Crippen molar-refractivity contribution < 1.29 is 33.3 Å². The third-order valence-electron chi connectivity index (χ3n) is 10.9. The quantitative estimate of drug-likeness (QED) is 0.249. The molecule has 11 heteroatoms. The van der Waals surface area contributed by atoms with Crippen molar-refractivity contribution in [3.8, 4) is 11.5 Å². The third-order valence-corrected chi connectivity index (χ3v) is 10.9. The van der Waals surface area contributed by atoms with Gasteiger partial charge in [-0.2, -0.15) is 5.10 Å². The molecular weight excluding hydrogens is 684 g/mol. The van der Waals surface area contributed by atoms with E-state index in [-0.39, 0.29) is 41.5 Å². The maximum absolute atomic E-state index is 14.3. The molecule has 2 aromatic rings. The Morgan fingerprint density at radius 1 is 1.04 bits per heavy atom. The van der Waals surface area contributed by atoms with Crippen LogP contribution in [0.4, 0.5) is 5.69 Å². The highest BCUT2D eigenvalue weighted by Gasteiger charge is 2.48. The number of piperazine rings is 1. The SMILES string of the molecule is COc1c(C)c2c3c4cc(C=NN5CCN(C)CC5)c(cc14)NC(=O)C(C)=CC=CC(C)CC(C)CC(C)C(OC(C)=O)C(C)CC=COC(C)(O2)C3=O. The maximum Gasteiger partial charge on any atom is 0.312 e. The summed E-state index contributed by atoms with van der Waals surface area (Å²) in [7, 11) is 3.67. The number of likely N-dealkylation sites (N-methyl/N-ethyl adjacent to an activating group) is 1. The number of hydrogen-bond acceptors (Lipinski definition) is 10. The first-order valence-corrected chi connectivity index (χ1v) is 19.2. The van der Waals surface area contributed by atoms with Crippen LogP contribution >= 0.6 is 0 Å². The number of allylic oxidation sites excluding steroid dienone is 4. The highest BCUT2D eigenvalue weighted by atomic mass is 16.7. The first-order chi connectivity index (χ1) is 25.6. The average molecular weight is 743 g/mol. The van der Waals surface area contributed by atoms with Crippen LogP contribution in [0.2, 0.25) is 0 Å². The number of rotatable bonds is 4. The number of carbonyl (C=O) groups excluding carboxylic acids is 3. The van der Waals surface area contributed by atoms with E-state index in [0.29, 0.717) is 62.6 Å². The number of nitrogens with zero attached hydrogens (tertiary/aromatic N) is 3. The summed E-state index contributed by atoms with van der Waals surface area (Å²) < 4.78 is 24.3. The van der Waals surface area contributed by atoms with Crippen LogP contribution in [-0.4, -0.2) is 86.0 Å². The van der Waals surface area contributed by atoms with E-state index in [4.69, 9.17) is 24.0 Å². The number of hydrogen-bond donors (Lipinski definition) is 1. The molecule has 4 aliphatic rings. The Bertz CT molecular complexity index is 1860. The molecule has 4 aliphatic heterocycles. The van der Waals surface area contributed by atoms with E-state index in [0.717, 1.165) is 39.0 Å². The molecule has 0 saturated carbocycles. The molecule has 11 nitrogen and oxygen atoms in total. The van der Waals surface area contributed by atoms with Gasteiger partial charge in [0.15, 0.2) is 0 Å². The molecule has 0 radical (unpaired) electrons. The Hall–Kier alpha value is -4.64. The number of esters is 1. The van der Waals surface area contributed by atoms with E-state index in [2.05, 4.69) is 51.0 Å². The molecule has 6 unspecified atom stereocenters. The number of carbonyl (C=O) groups is 3. The number of nitrogens with one attached hydrogen (secondary N) is 1. The minimum Gasteiger partial charge on any atom is -0.496 e. The van der Waals surface area contributed by atoms with E-state index in [1.165, 1.54) is 13.2 Å². The predicted molar refractivity (Wildman–Crippen MR) is 213 cm³/mol. The van der Waals surface area contributed by atoms with Crippen LogP contribution in [-0.2, 0) is 19.1 Å². The Kier molecular flexibility index (Phi) is 12.9. The summed E-state index contributed by atoms with van der Waals surface area (Å²) >= 11 is 0. The van der Waals surface area contributed by atoms with Crippen LogP contribution in [0.1, 0.15) is 89.2 Å². The van der Waals surface area contributed by atoms with Crippen LogP contribution in [0.5, 0.6) is 11.5 Å². The number of methoxy groups -OCH3 is 1. The molecule has 54 heavy (non-hydrogen) atoms. The number of ether oxygens (including phenoxy) is 4. The topological polar surface area (TPSA) is 119 Å². The summed E-state index contributed by atoms with van der Waals surface area (Å²) in [6.07, 6.45) is 13.1. The first-order valence-electron chi connectivity index (χ1n) is 19.2. The van der Waals surface area contributed by atoms with E-state index in [1.807, 2.05) is 42.3 Å². The molecule has 5 bridgehead atoms. The Labute approximate surface area is 320 Å². The molecule has 1 fully saturated rings. The van der Waals surface area contributed by atoms with Gasteiger partial charge in [0, 0.05) is 67.5 Å². The van der Waals surface area contributed by atoms with Gasteiger partial charge in [-0.3, -0.25) is 19.4 Å². The summed E-state index contributed by atoms with van der Waals surface area (Å²) in [6.45, 7) is 18.6. The van der Waals surface area contributed by atoms with Gasteiger partial charge >= 0.3 is 11.8 Å². The van der Waals surface area contributed by atoms with Gasteiger partial charge in [-0.25, -0.2) is 0 Å². The highest BCUT2D eigenvalue weighted by molar-refractivity contribution is 6.19. The molecular formula is C43H58N4O7. The van der Waals surface area contributed by atoms with Crippen molar-refractivity contribution in [3.63, 3.8) is 0 Å². The number of ketones is 1. The minimum absolute atomic E-state index is 0.00107. The van der Waals surface area contributed by atoms with Gasteiger partial charge in [0.05, 0.1) is 30.8 Å². The van der Waals surface area contributed by atoms with Crippen molar-refractivity contribution in [1.82, 2.24) is 9.91 Å². The number of fused-ring (bicyclic) bond motifs is 14. The van der Waals surface area contributed by atoms with E-state index < -0.39 is 5.79 Å². The number of hydrazone groups is 1. The van der Waals surface area contributed by atoms with Gasteiger partial charge < -0.3 is 29.2 Å². The van der Waals surface area contributed by atoms with Crippen molar-refractivity contribution in [2.75, 3.05) is 45.7 Å². The molecule has 6 rings (SSSR count). The van der Waals surface area contributed by atoms with Crippen LogP contribution in [0.15, 0.2) is 53.4 Å². The fraction of sp³-hybridized carbons (Fsp3) is 0.535. The molecule has 0 aromatic heterocycles. The molecule has 1 saturated heterocycles. The predicted octanol–water partition coefficient (Wildman–Crippen LogP) is 7.66. The Morgan fingerprint density at radius 3 is 2.44 bits per heavy atom. The third kappa shape index (κ3) is 9.17. The van der Waals surface area contributed by atoms with Gasteiger partial charge in [0.25, 0.3) is 11.7 Å². The fourth-order valence-electron chi connectivity index (χ4n) is 7.89. The molecule has 6 atom stereocenters. The molecule has 4 heterocycles. The second kappa shape index (κ2) is 17.2. The van der Waals surface area contributed by atoms with Crippen LogP contribution in [0, 0.1) is 30.6 Å². The summed E-state index contributed by atoms with van der Waals surface area (Å²) in [6, 6.07) is 3.72. The van der Waals surface area contributed by atoms with E-state index >= 15 is 0 Å². The van der Waals surface area contributed by atoms with Gasteiger partial charge in [0.1, 0.15) is 17.6 Å². The second-order valence-corrected chi connectivity index (χ2v) is 15.7. The van der Waals surface area contributed by atoms with Crippen molar-refractivity contribution in [1.29, 1.82) is 0 Å². The van der Waals surface area contributed by atoms with Crippen LogP contribution in [0.3, 0.4) is 0 Å². The molecule has 2 aromatic carbocycles. The zero-order chi connectivity index (χ0) is 39.3. The smallest absolute Gasteiger partial charge is 0.312 e. The monoisotopic (exact) mass is 742 g/mol. The van der Waals surface area contributed by atoms with Gasteiger partial charge in [-0.15, -0.1) is 0 Å². The normalized spacial score (nSPS) is 27.6. The molecule has 0 spiro atoms. The lowest BCUT2D eigenvalue weighted by Gasteiger charge is -2.30. The number of amides is 1. The maximum atomic E-state index is 14.3. The number of benzene rings is 2. The first kappa shape index (κ1) is 40.5. The Balaban J connectivity index is 1.60. The molecule has 292 valence electrons. The molecule has 0 aliphatic carbocycles. The zero-order valence-corrected chi connectivity index (χ0v) is 33.7. The second-order valence-electron chi connectivity index (χ2n) is 15.7. The summed E-state index contributed by atoms with van der Waals surface area (Å²) in [5, 5.41) is 11.2. The zero-order valence-electron chi connectivity index (χ0n) is 33.7. The summed E-state index contributed by atoms with van der Waals surface area (Å²) in [5.74, 6) is -0.859. The average Bonchev–Trinajstić information content (AvgIpc) is 3.38. The number of Topliss-reactive ketones (excluding diaryl/α,β-unsaturated/α-hetero) is 1. The Morgan fingerprint density at radius 2 is 1.76 bits per heavy atom. The summed E-state index contributed by atoms with van der Waals surface area (Å²) in [5.41, 5.74) is 2.73. The van der Waals surface area contributed by atoms with Gasteiger partial charge in [-0.05, 0) is 82.0 Å². The summed E-state index contributed by atoms with van der Waals surface area (Å²) in [4.78, 5) is 42.5. The van der Waals surface area contributed by atoms with E-state index in [1.54, 1.807) is 27.2 Å². The van der Waals surface area contributed by atoms with Crippen molar-refractivity contribution >= 4 is 40.3 Å². The van der Waals surface area contributed by atoms with Crippen LogP contribution < -0.4 is 14.8 Å². The van der Waals surface area contributed by atoms with Crippen molar-refractivity contribution in [2.24, 2.45) is 28.8 Å². The lowest BCUT2D eigenvalue weighted by molar-refractivity contribution is -0.152. The van der Waals surface area contributed by atoms with Gasteiger partial charge in [-0.1, -0.05) is 45.9 Å². The molecule has 1 amide bonds. The van der Waals surface area contributed by atoms with Gasteiger partial charge in [0.2, 0.25) is 0 Å². The lowest BCUT2D eigenvalue weighted by Crippen LogP contribution is -2.41. The van der Waals surface area contributed by atoms with Crippen molar-refractivity contribution in [3.05, 3.63) is 65.0 Å². The van der Waals surface area contributed by atoms with Crippen LogP contribution in [0.25, 0.3) is 10.8 Å². The minimum atomic E-state index is -1.63. The number of anilines is 1. The fourth-order valence-corrected chi connectivity index (χ4v) is 7.89. The largest absolute Gasteiger partial charge is 0.496 e. The lowest BCUT2D eigenvalue weighted by atomic mass is 9.82. The standard InChI is InChI=1S/C43H58N4O7/c1-26-13-11-14-29(4)42(50)45-36-24-35-34(23-33(36)25-44-47-18-16-46(9)17-19-47)37-40(31(6)39(35)51-10)54-43(8,41(37)49)52-20-12-15-28(3)38(53-32(7)48)30(5)22-27(2)21-26/h11-14,20,23-28,30,38H,15-19,21-22H2,1-10H3,(H,45,50).